The van der Waals surface area contributed by atoms with Crippen molar-refractivity contribution < 1.29 is 19.1 Å². The summed E-state index contributed by atoms with van der Waals surface area (Å²) in [6.45, 7) is 2.27. The van der Waals surface area contributed by atoms with Crippen molar-refractivity contribution in [2.24, 2.45) is 5.73 Å². The fourth-order valence-corrected chi connectivity index (χ4v) is 2.96. The number of likely N-dealkylation sites (tertiary alicyclic amines) is 1. The summed E-state index contributed by atoms with van der Waals surface area (Å²) < 4.78 is 4.82. The van der Waals surface area contributed by atoms with Gasteiger partial charge in [0.15, 0.2) is 0 Å². The molecule has 0 saturated carbocycles. The molecule has 0 aliphatic carbocycles. The fraction of sp³-hybridized carbons (Fsp3) is 0.500. The minimum atomic E-state index is -0.553. The Morgan fingerprint density at radius 3 is 2.73 bits per heavy atom. The minimum Gasteiger partial charge on any atom is -0.467 e. The molecule has 1 fully saturated rings. The van der Waals surface area contributed by atoms with Crippen molar-refractivity contribution in [1.29, 1.82) is 0 Å². The van der Waals surface area contributed by atoms with Gasteiger partial charge in [-0.1, -0.05) is 6.07 Å². The number of hydrogen-bond acceptors (Lipinski definition) is 5. The Balaban J connectivity index is 0.00000338. The molecule has 2 rings (SSSR count). The number of carbonyl (C=O) groups excluding carboxylic acids is 3. The number of carbonyl (C=O) groups is 3. The van der Waals surface area contributed by atoms with E-state index in [1.165, 1.54) is 7.11 Å². The van der Waals surface area contributed by atoms with E-state index in [0.717, 1.165) is 12.8 Å². The van der Waals surface area contributed by atoms with Crippen LogP contribution in [-0.4, -0.2) is 48.4 Å². The van der Waals surface area contributed by atoms with Crippen LogP contribution in [0.2, 0.25) is 0 Å². The van der Waals surface area contributed by atoms with Gasteiger partial charge in [0.05, 0.1) is 7.11 Å². The van der Waals surface area contributed by atoms with Gasteiger partial charge in [-0.25, -0.2) is 4.79 Å². The maximum atomic E-state index is 12.8. The van der Waals surface area contributed by atoms with E-state index in [9.17, 15) is 14.4 Å². The van der Waals surface area contributed by atoms with Crippen molar-refractivity contribution in [2.75, 3.05) is 19.0 Å². The molecule has 3 N–H and O–H groups in total. The number of halogens is 1. The summed E-state index contributed by atoms with van der Waals surface area (Å²) in [5, 5.41) is 2.74. The number of amides is 2. The van der Waals surface area contributed by atoms with Crippen molar-refractivity contribution in [3.05, 3.63) is 29.8 Å². The highest BCUT2D eigenvalue weighted by atomic mass is 35.5. The lowest BCUT2D eigenvalue weighted by Gasteiger charge is -2.33. The summed E-state index contributed by atoms with van der Waals surface area (Å²) in [5.74, 6) is -0.835. The Morgan fingerprint density at radius 1 is 1.35 bits per heavy atom. The van der Waals surface area contributed by atoms with Crippen molar-refractivity contribution in [3.8, 4) is 0 Å². The van der Waals surface area contributed by atoms with E-state index in [1.807, 2.05) is 0 Å². The zero-order chi connectivity index (χ0) is 18.4. The van der Waals surface area contributed by atoms with E-state index >= 15 is 0 Å². The van der Waals surface area contributed by atoms with Gasteiger partial charge < -0.3 is 20.7 Å². The number of piperidine rings is 1. The van der Waals surface area contributed by atoms with Crippen LogP contribution < -0.4 is 11.1 Å². The molecule has 1 aliphatic heterocycles. The summed E-state index contributed by atoms with van der Waals surface area (Å²) >= 11 is 0. The minimum absolute atomic E-state index is 0. The number of nitrogens with zero attached hydrogens (tertiary/aromatic N) is 1. The van der Waals surface area contributed by atoms with E-state index in [4.69, 9.17) is 10.5 Å². The molecule has 144 valence electrons. The molecule has 0 radical (unpaired) electrons. The second kappa shape index (κ2) is 10.1. The third kappa shape index (κ3) is 5.71. The number of nitrogens with two attached hydrogens (primary N) is 1. The average Bonchev–Trinajstić information content (AvgIpc) is 2.60. The number of ether oxygens (including phenoxy) is 1. The number of anilines is 1. The molecule has 1 saturated heterocycles. The highest BCUT2D eigenvalue weighted by Crippen LogP contribution is 2.22. The first-order valence-corrected chi connectivity index (χ1v) is 8.46. The number of hydrogen-bond donors (Lipinski definition) is 2. The van der Waals surface area contributed by atoms with E-state index < -0.39 is 12.0 Å². The van der Waals surface area contributed by atoms with Gasteiger partial charge in [-0.15, -0.1) is 12.4 Å². The SMILES string of the molecule is COC(=O)C1CCCCN1C(=O)c1cccc(NC(=O)CC(C)N)c1.Cl. The van der Waals surface area contributed by atoms with E-state index in [0.29, 0.717) is 24.2 Å². The first kappa shape index (κ1) is 21.9. The van der Waals surface area contributed by atoms with Crippen LogP contribution in [0.1, 0.15) is 43.0 Å². The molecule has 1 aromatic carbocycles. The molecule has 0 aromatic heterocycles. The molecular formula is C18H26ClN3O4. The van der Waals surface area contributed by atoms with Gasteiger partial charge >= 0.3 is 5.97 Å². The maximum absolute atomic E-state index is 12.8. The van der Waals surface area contributed by atoms with Crippen molar-refractivity contribution >= 4 is 35.9 Å². The maximum Gasteiger partial charge on any atom is 0.328 e. The van der Waals surface area contributed by atoms with Crippen molar-refractivity contribution in [3.63, 3.8) is 0 Å². The fourth-order valence-electron chi connectivity index (χ4n) is 2.96. The number of nitrogens with one attached hydrogen (secondary N) is 1. The Labute approximate surface area is 159 Å². The Kier molecular flexibility index (Phi) is 8.54. The molecule has 1 aromatic rings. The molecule has 0 bridgehead atoms. The summed E-state index contributed by atoms with van der Waals surface area (Å²) in [6.07, 6.45) is 2.54. The van der Waals surface area contributed by atoms with Crippen LogP contribution in [0.4, 0.5) is 5.69 Å². The number of esters is 1. The van der Waals surface area contributed by atoms with Gasteiger partial charge in [-0.3, -0.25) is 9.59 Å². The molecule has 2 unspecified atom stereocenters. The quantitative estimate of drug-likeness (QED) is 0.756. The second-order valence-corrected chi connectivity index (χ2v) is 6.34. The molecule has 7 nitrogen and oxygen atoms in total. The molecule has 2 atom stereocenters. The predicted octanol–water partition coefficient (Wildman–Crippen LogP) is 1.95. The largest absolute Gasteiger partial charge is 0.467 e. The molecular weight excluding hydrogens is 358 g/mol. The number of rotatable bonds is 5. The normalized spacial score (nSPS) is 17.7. The van der Waals surface area contributed by atoms with E-state index in [2.05, 4.69) is 5.32 Å². The second-order valence-electron chi connectivity index (χ2n) is 6.34. The Bertz CT molecular complexity index is 651. The summed E-state index contributed by atoms with van der Waals surface area (Å²) in [7, 11) is 1.33. The third-order valence-electron chi connectivity index (χ3n) is 4.14. The van der Waals surface area contributed by atoms with Gasteiger partial charge in [0.25, 0.3) is 5.91 Å². The smallest absolute Gasteiger partial charge is 0.328 e. The zero-order valence-electron chi connectivity index (χ0n) is 15.1. The van der Waals surface area contributed by atoms with Gasteiger partial charge in [-0.05, 0) is 44.4 Å². The molecule has 0 spiro atoms. The predicted molar refractivity (Wildman–Crippen MR) is 101 cm³/mol. The molecule has 2 amide bonds. The lowest BCUT2D eigenvalue weighted by Crippen LogP contribution is -2.48. The average molecular weight is 384 g/mol. The van der Waals surface area contributed by atoms with Crippen LogP contribution in [0.25, 0.3) is 0 Å². The van der Waals surface area contributed by atoms with Crippen LogP contribution in [-0.2, 0) is 14.3 Å². The number of benzene rings is 1. The molecule has 8 heteroatoms. The number of methoxy groups -OCH3 is 1. The van der Waals surface area contributed by atoms with Gasteiger partial charge in [0, 0.05) is 30.3 Å². The summed E-state index contributed by atoms with van der Waals surface area (Å²) in [4.78, 5) is 38.2. The van der Waals surface area contributed by atoms with Crippen LogP contribution in [0.3, 0.4) is 0 Å². The highest BCUT2D eigenvalue weighted by Gasteiger charge is 2.33. The van der Waals surface area contributed by atoms with Crippen LogP contribution in [0.15, 0.2) is 24.3 Å². The van der Waals surface area contributed by atoms with Gasteiger partial charge in [-0.2, -0.15) is 0 Å². The molecule has 1 heterocycles. The van der Waals surface area contributed by atoms with Crippen LogP contribution in [0.5, 0.6) is 0 Å². The summed E-state index contributed by atoms with van der Waals surface area (Å²) in [6, 6.07) is 5.91. The van der Waals surface area contributed by atoms with Crippen LogP contribution in [0, 0.1) is 0 Å². The monoisotopic (exact) mass is 383 g/mol. The first-order chi connectivity index (χ1) is 11.9. The summed E-state index contributed by atoms with van der Waals surface area (Å²) in [5.41, 5.74) is 6.57. The first-order valence-electron chi connectivity index (χ1n) is 8.46. The lowest BCUT2D eigenvalue weighted by atomic mass is 10.0. The van der Waals surface area contributed by atoms with Crippen molar-refractivity contribution in [1.82, 2.24) is 4.90 Å². The van der Waals surface area contributed by atoms with Crippen molar-refractivity contribution in [2.45, 2.75) is 44.7 Å². The van der Waals surface area contributed by atoms with Gasteiger partial charge in [0.1, 0.15) is 6.04 Å². The van der Waals surface area contributed by atoms with E-state index in [1.54, 1.807) is 36.1 Å². The van der Waals surface area contributed by atoms with Gasteiger partial charge in [0.2, 0.25) is 5.91 Å². The Morgan fingerprint density at radius 2 is 2.08 bits per heavy atom. The zero-order valence-corrected chi connectivity index (χ0v) is 15.9. The van der Waals surface area contributed by atoms with Crippen LogP contribution >= 0.6 is 12.4 Å². The standard InChI is InChI=1S/C18H25N3O4.ClH/c1-12(19)10-16(22)20-14-7-5-6-13(11-14)17(23)21-9-4-3-8-15(21)18(24)25-2;/h5-7,11-12,15H,3-4,8-10,19H2,1-2H3,(H,20,22);1H. The van der Waals surface area contributed by atoms with E-state index in [-0.39, 0.29) is 36.7 Å². The topological polar surface area (TPSA) is 102 Å². The highest BCUT2D eigenvalue weighted by molar-refractivity contribution is 5.99. The lowest BCUT2D eigenvalue weighted by molar-refractivity contribution is -0.147. The molecule has 1 aliphatic rings. The third-order valence-corrected chi connectivity index (χ3v) is 4.14. The Hall–Kier alpha value is -2.12. The molecule has 26 heavy (non-hydrogen) atoms.